The van der Waals surface area contributed by atoms with Crippen LogP contribution >= 0.6 is 0 Å². The molecular formula is C15H6F6O3. The van der Waals surface area contributed by atoms with Gasteiger partial charge in [-0.05, 0) is 0 Å². The fourth-order valence-corrected chi connectivity index (χ4v) is 2.66. The molecule has 0 fully saturated rings. The van der Waals surface area contributed by atoms with Gasteiger partial charge in [-0.15, -0.1) is 0 Å². The van der Waals surface area contributed by atoms with Crippen molar-refractivity contribution in [1.82, 2.24) is 0 Å². The zero-order valence-electron chi connectivity index (χ0n) is 12.0. The number of ketones is 1. The highest BCUT2D eigenvalue weighted by Crippen LogP contribution is 2.48. The van der Waals surface area contributed by atoms with Crippen molar-refractivity contribution in [2.45, 2.75) is 0 Å². The maximum atomic E-state index is 14.4. The first kappa shape index (κ1) is 16.2. The molecule has 0 atom stereocenters. The molecule has 0 heterocycles. The lowest BCUT2D eigenvalue weighted by atomic mass is 10.0. The average molecular weight is 348 g/mol. The number of rotatable bonds is 2. The summed E-state index contributed by atoms with van der Waals surface area (Å²) in [5, 5.41) is 0. The Labute approximate surface area is 130 Å². The highest BCUT2D eigenvalue weighted by molar-refractivity contribution is 6.22. The van der Waals surface area contributed by atoms with Gasteiger partial charge in [-0.25, -0.2) is 17.6 Å². The fraction of sp³-hybridized carbons (Fsp3) is 0.133. The molecule has 3 rings (SSSR count). The van der Waals surface area contributed by atoms with Crippen LogP contribution in [0.5, 0.6) is 11.5 Å². The zero-order valence-corrected chi connectivity index (χ0v) is 12.0. The van der Waals surface area contributed by atoms with Gasteiger partial charge >= 0.3 is 0 Å². The molecule has 126 valence electrons. The zero-order chi connectivity index (χ0) is 17.9. The van der Waals surface area contributed by atoms with Crippen molar-refractivity contribution >= 4 is 5.78 Å². The van der Waals surface area contributed by atoms with Gasteiger partial charge < -0.3 is 9.47 Å². The van der Waals surface area contributed by atoms with Gasteiger partial charge in [-0.3, -0.25) is 4.79 Å². The van der Waals surface area contributed by atoms with Crippen molar-refractivity contribution in [2.75, 3.05) is 14.2 Å². The van der Waals surface area contributed by atoms with Crippen LogP contribution in [0.1, 0.15) is 15.9 Å². The molecule has 1 aliphatic rings. The van der Waals surface area contributed by atoms with E-state index in [1.54, 1.807) is 0 Å². The molecule has 0 N–H and O–H groups in total. The van der Waals surface area contributed by atoms with E-state index in [4.69, 9.17) is 0 Å². The average Bonchev–Trinajstić information content (AvgIpc) is 2.86. The van der Waals surface area contributed by atoms with Gasteiger partial charge in [0.1, 0.15) is 0 Å². The van der Waals surface area contributed by atoms with E-state index in [0.717, 1.165) is 14.2 Å². The number of hydrogen-bond donors (Lipinski definition) is 0. The van der Waals surface area contributed by atoms with Crippen molar-refractivity contribution in [3.63, 3.8) is 0 Å². The topological polar surface area (TPSA) is 35.5 Å². The second kappa shape index (κ2) is 5.15. The first-order valence-corrected chi connectivity index (χ1v) is 6.31. The summed E-state index contributed by atoms with van der Waals surface area (Å²) in [6.45, 7) is 0. The molecule has 0 spiro atoms. The van der Waals surface area contributed by atoms with E-state index in [-0.39, 0.29) is 0 Å². The van der Waals surface area contributed by atoms with Crippen LogP contribution in [0.15, 0.2) is 0 Å². The number of fused-ring (bicyclic) bond motifs is 3. The molecule has 9 heteroatoms. The van der Waals surface area contributed by atoms with E-state index in [9.17, 15) is 31.1 Å². The Hall–Kier alpha value is -2.71. The Morgan fingerprint density at radius 3 is 1.17 bits per heavy atom. The molecule has 0 unspecified atom stereocenters. The molecule has 2 aromatic carbocycles. The molecule has 2 aromatic rings. The molecule has 1 aliphatic carbocycles. The van der Waals surface area contributed by atoms with Crippen molar-refractivity contribution in [3.8, 4) is 22.6 Å². The number of ether oxygens (including phenoxy) is 2. The Morgan fingerprint density at radius 1 is 0.542 bits per heavy atom. The number of carbonyl (C=O) groups is 1. The van der Waals surface area contributed by atoms with Crippen molar-refractivity contribution in [2.24, 2.45) is 0 Å². The number of methoxy groups -OCH3 is 2. The Kier molecular flexibility index (Phi) is 3.47. The second-order valence-electron chi connectivity index (χ2n) is 4.78. The Balaban J connectivity index is 2.56. The molecule has 0 bridgehead atoms. The largest absolute Gasteiger partial charge is 0.491 e. The molecule has 0 aliphatic heterocycles. The highest BCUT2D eigenvalue weighted by Gasteiger charge is 2.43. The predicted molar refractivity (Wildman–Crippen MR) is 68.2 cm³/mol. The molecule has 0 amide bonds. The van der Waals surface area contributed by atoms with Crippen LogP contribution in [-0.2, 0) is 0 Å². The maximum Gasteiger partial charge on any atom is 0.204 e. The van der Waals surface area contributed by atoms with Gasteiger partial charge in [0.15, 0.2) is 34.8 Å². The van der Waals surface area contributed by atoms with Crippen LogP contribution < -0.4 is 9.47 Å². The standard InChI is InChI=1S/C15H6F6O3/c1-23-14-9(18)3-4-6(13(22)5(3)7(16)11(14)20)8(17)12(21)15(24-2)10(4)19/h1-2H3. The van der Waals surface area contributed by atoms with Crippen LogP contribution in [0.2, 0.25) is 0 Å². The number of carbonyl (C=O) groups excluding carboxylic acids is 1. The highest BCUT2D eigenvalue weighted by atomic mass is 19.2. The second-order valence-corrected chi connectivity index (χ2v) is 4.78. The van der Waals surface area contributed by atoms with E-state index >= 15 is 0 Å². The summed E-state index contributed by atoms with van der Waals surface area (Å²) >= 11 is 0. The van der Waals surface area contributed by atoms with Crippen molar-refractivity contribution < 1.29 is 40.6 Å². The number of hydrogen-bond acceptors (Lipinski definition) is 3. The molecule has 0 aromatic heterocycles. The van der Waals surface area contributed by atoms with E-state index in [1.807, 2.05) is 0 Å². The SMILES string of the molecule is COc1c(F)c(F)c2c(c1F)-c1c(F)c(OC)c(F)c(F)c1C2=O. The van der Waals surface area contributed by atoms with Crippen LogP contribution in [0.3, 0.4) is 0 Å². The van der Waals surface area contributed by atoms with Crippen LogP contribution in [0.25, 0.3) is 11.1 Å². The van der Waals surface area contributed by atoms with Gasteiger partial charge in [0, 0.05) is 11.1 Å². The monoisotopic (exact) mass is 348 g/mol. The number of benzene rings is 2. The lowest BCUT2D eigenvalue weighted by molar-refractivity contribution is 0.103. The lowest BCUT2D eigenvalue weighted by Crippen LogP contribution is -2.07. The van der Waals surface area contributed by atoms with Gasteiger partial charge in [-0.1, -0.05) is 0 Å². The molecule has 3 nitrogen and oxygen atoms in total. The minimum absolute atomic E-state index is 0.813. The Bertz CT molecular complexity index is 849. The van der Waals surface area contributed by atoms with Crippen LogP contribution in [-0.4, -0.2) is 20.0 Å². The van der Waals surface area contributed by atoms with E-state index in [0.29, 0.717) is 0 Å². The fourth-order valence-electron chi connectivity index (χ4n) is 2.66. The summed E-state index contributed by atoms with van der Waals surface area (Å²) in [6.07, 6.45) is 0. The van der Waals surface area contributed by atoms with E-state index in [2.05, 4.69) is 9.47 Å². The third kappa shape index (κ3) is 1.72. The minimum Gasteiger partial charge on any atom is -0.491 e. The Morgan fingerprint density at radius 2 is 0.875 bits per heavy atom. The molecule has 0 saturated carbocycles. The normalized spacial score (nSPS) is 12.2. The summed E-state index contributed by atoms with van der Waals surface area (Å²) in [5.74, 6) is -14.7. The van der Waals surface area contributed by atoms with Crippen LogP contribution in [0.4, 0.5) is 26.3 Å². The summed E-state index contributed by atoms with van der Waals surface area (Å²) in [4.78, 5) is 12.1. The first-order valence-electron chi connectivity index (χ1n) is 6.31. The third-order valence-corrected chi connectivity index (χ3v) is 3.67. The third-order valence-electron chi connectivity index (χ3n) is 3.67. The van der Waals surface area contributed by atoms with Gasteiger partial charge in [0.25, 0.3) is 0 Å². The van der Waals surface area contributed by atoms with Gasteiger partial charge in [-0.2, -0.15) is 8.78 Å². The molecule has 0 saturated heterocycles. The predicted octanol–water partition coefficient (Wildman–Crippen LogP) is 3.75. The first-order chi connectivity index (χ1) is 11.3. The van der Waals surface area contributed by atoms with E-state index in [1.165, 1.54) is 0 Å². The smallest absolute Gasteiger partial charge is 0.204 e. The summed E-state index contributed by atoms with van der Waals surface area (Å²) in [7, 11) is 1.63. The summed E-state index contributed by atoms with van der Waals surface area (Å²) in [5.41, 5.74) is -4.60. The summed E-state index contributed by atoms with van der Waals surface area (Å²) < 4.78 is 93.2. The van der Waals surface area contributed by atoms with Crippen molar-refractivity contribution in [1.29, 1.82) is 0 Å². The molecular weight excluding hydrogens is 342 g/mol. The quantitative estimate of drug-likeness (QED) is 0.523. The van der Waals surface area contributed by atoms with Gasteiger partial charge in [0.05, 0.1) is 25.3 Å². The van der Waals surface area contributed by atoms with Gasteiger partial charge in [0.2, 0.25) is 17.4 Å². The molecule has 24 heavy (non-hydrogen) atoms. The van der Waals surface area contributed by atoms with Crippen molar-refractivity contribution in [3.05, 3.63) is 46.0 Å². The lowest BCUT2D eigenvalue weighted by Gasteiger charge is -2.12. The number of halogens is 6. The maximum absolute atomic E-state index is 14.4. The molecule has 0 radical (unpaired) electrons. The minimum atomic E-state index is -1.86. The van der Waals surface area contributed by atoms with E-state index < -0.39 is 74.4 Å². The van der Waals surface area contributed by atoms with Crippen LogP contribution in [0, 0.1) is 34.9 Å². The summed E-state index contributed by atoms with van der Waals surface area (Å²) in [6, 6.07) is 0.